The van der Waals surface area contributed by atoms with Gasteiger partial charge in [0.15, 0.2) is 0 Å². The summed E-state index contributed by atoms with van der Waals surface area (Å²) in [5, 5.41) is 3.34. The van der Waals surface area contributed by atoms with Crippen molar-refractivity contribution in [2.45, 2.75) is 11.1 Å². The van der Waals surface area contributed by atoms with Crippen LogP contribution in [0.15, 0.2) is 23.1 Å². The van der Waals surface area contributed by atoms with Gasteiger partial charge in [0.25, 0.3) is 0 Å². The van der Waals surface area contributed by atoms with Crippen molar-refractivity contribution in [1.82, 2.24) is 28.6 Å². The van der Waals surface area contributed by atoms with Crippen LogP contribution in [0.25, 0.3) is 11.0 Å². The molecule has 164 valence electrons. The highest BCUT2D eigenvalue weighted by Crippen LogP contribution is 2.25. The Morgan fingerprint density at radius 1 is 1.13 bits per heavy atom. The Labute approximate surface area is 173 Å². The summed E-state index contributed by atoms with van der Waals surface area (Å²) in [4.78, 5) is 24.8. The molecule has 0 unspecified atom stereocenters. The first-order chi connectivity index (χ1) is 14.1. The zero-order chi connectivity index (χ0) is 21.9. The SMILES string of the molecule is O=C(CN1CCN(S(=O)(=O)c2cccc3nsnc23)CC1)NC(=O)NCC(F)(F)F. The number of nitrogens with zero attached hydrogens (tertiary/aromatic N) is 4. The summed E-state index contributed by atoms with van der Waals surface area (Å²) in [5.74, 6) is -0.788. The summed E-state index contributed by atoms with van der Waals surface area (Å²) < 4.78 is 71.4. The van der Waals surface area contributed by atoms with E-state index in [4.69, 9.17) is 0 Å². The van der Waals surface area contributed by atoms with Gasteiger partial charge < -0.3 is 5.32 Å². The highest BCUT2D eigenvalue weighted by atomic mass is 32.2. The fraction of sp³-hybridized carbons (Fsp3) is 0.467. The number of urea groups is 1. The van der Waals surface area contributed by atoms with Crippen LogP contribution in [-0.4, -0.2) is 83.8 Å². The minimum Gasteiger partial charge on any atom is -0.329 e. The maximum atomic E-state index is 12.9. The summed E-state index contributed by atoms with van der Waals surface area (Å²) in [6.45, 7) is -1.18. The second-order valence-electron chi connectivity index (χ2n) is 6.41. The molecule has 1 aliphatic rings. The molecule has 1 aromatic heterocycles. The quantitative estimate of drug-likeness (QED) is 0.653. The van der Waals surface area contributed by atoms with E-state index in [9.17, 15) is 31.2 Å². The molecule has 0 bridgehead atoms. The fourth-order valence-electron chi connectivity index (χ4n) is 2.85. The van der Waals surface area contributed by atoms with Crippen LogP contribution in [0.4, 0.5) is 18.0 Å². The number of fused-ring (bicyclic) bond motifs is 1. The number of sulfonamides is 1. The molecule has 1 saturated heterocycles. The molecule has 0 radical (unpaired) electrons. The Hall–Kier alpha value is -2.36. The second kappa shape index (κ2) is 8.79. The first-order valence-corrected chi connectivity index (χ1v) is 10.8. The van der Waals surface area contributed by atoms with Gasteiger partial charge in [-0.05, 0) is 12.1 Å². The number of imide groups is 1. The van der Waals surface area contributed by atoms with Gasteiger partial charge in [0.1, 0.15) is 22.5 Å². The van der Waals surface area contributed by atoms with E-state index in [1.807, 2.05) is 5.32 Å². The lowest BCUT2D eigenvalue weighted by Crippen LogP contribution is -2.52. The van der Waals surface area contributed by atoms with Crippen molar-refractivity contribution in [2.75, 3.05) is 39.3 Å². The van der Waals surface area contributed by atoms with Gasteiger partial charge in [0.05, 0.1) is 18.3 Å². The van der Waals surface area contributed by atoms with E-state index in [0.29, 0.717) is 11.0 Å². The van der Waals surface area contributed by atoms with Crippen LogP contribution in [0, 0.1) is 0 Å². The van der Waals surface area contributed by atoms with Crippen LogP contribution in [0.3, 0.4) is 0 Å². The monoisotopic (exact) mass is 466 g/mol. The van der Waals surface area contributed by atoms with E-state index in [2.05, 4.69) is 8.75 Å². The summed E-state index contributed by atoms with van der Waals surface area (Å²) in [5.41, 5.74) is 0.786. The number of hydrogen-bond acceptors (Lipinski definition) is 8. The standard InChI is InChI=1S/C15H17F3N6O4S2/c16-15(17,18)9-19-14(26)20-12(25)8-23-4-6-24(7-5-23)30(27,28)11-3-1-2-10-13(11)22-29-21-10/h1-3H,4-9H2,(H2,19,20,25,26). The van der Waals surface area contributed by atoms with E-state index in [-0.39, 0.29) is 37.6 Å². The third-order valence-corrected chi connectivity index (χ3v) is 6.74. The Kier molecular flexibility index (Phi) is 6.54. The minimum absolute atomic E-state index is 0.0567. The van der Waals surface area contributed by atoms with Crippen LogP contribution in [0.1, 0.15) is 0 Å². The van der Waals surface area contributed by atoms with E-state index in [0.717, 1.165) is 11.7 Å². The summed E-state index contributed by atoms with van der Waals surface area (Å²) in [6.07, 6.45) is -4.58. The highest BCUT2D eigenvalue weighted by molar-refractivity contribution is 7.89. The summed E-state index contributed by atoms with van der Waals surface area (Å²) in [7, 11) is -3.81. The first-order valence-electron chi connectivity index (χ1n) is 8.64. The molecule has 2 aromatic rings. The number of benzene rings is 1. The largest absolute Gasteiger partial charge is 0.405 e. The van der Waals surface area contributed by atoms with E-state index < -0.39 is 34.7 Å². The van der Waals surface area contributed by atoms with Crippen LogP contribution < -0.4 is 10.6 Å². The summed E-state index contributed by atoms with van der Waals surface area (Å²) in [6, 6.07) is 3.46. The lowest BCUT2D eigenvalue weighted by Gasteiger charge is -2.33. The van der Waals surface area contributed by atoms with Crippen molar-refractivity contribution in [3.05, 3.63) is 18.2 Å². The smallest absolute Gasteiger partial charge is 0.329 e. The molecule has 1 aliphatic heterocycles. The number of hydrogen-bond donors (Lipinski definition) is 2. The van der Waals surface area contributed by atoms with Crippen LogP contribution in [0.2, 0.25) is 0 Å². The molecule has 30 heavy (non-hydrogen) atoms. The number of aromatic nitrogens is 2. The topological polar surface area (TPSA) is 125 Å². The molecule has 15 heteroatoms. The Morgan fingerprint density at radius 3 is 2.50 bits per heavy atom. The maximum absolute atomic E-state index is 12.9. The number of halogens is 3. The molecule has 0 spiro atoms. The highest BCUT2D eigenvalue weighted by Gasteiger charge is 2.31. The van der Waals surface area contributed by atoms with Crippen molar-refractivity contribution >= 4 is 44.7 Å². The van der Waals surface area contributed by atoms with Crippen molar-refractivity contribution in [3.8, 4) is 0 Å². The number of rotatable bonds is 5. The van der Waals surface area contributed by atoms with Gasteiger partial charge in [-0.3, -0.25) is 15.0 Å². The summed E-state index contributed by atoms with van der Waals surface area (Å²) >= 11 is 0.916. The molecule has 3 rings (SSSR count). The number of carbonyl (C=O) groups is 2. The number of nitrogens with one attached hydrogen (secondary N) is 2. The minimum atomic E-state index is -4.58. The Balaban J connectivity index is 1.53. The maximum Gasteiger partial charge on any atom is 0.405 e. The molecular formula is C15H17F3N6O4S2. The van der Waals surface area contributed by atoms with Gasteiger partial charge in [-0.2, -0.15) is 26.2 Å². The number of carbonyl (C=O) groups excluding carboxylic acids is 2. The average Bonchev–Trinajstić information content (AvgIpc) is 3.15. The van der Waals surface area contributed by atoms with Crippen molar-refractivity contribution in [3.63, 3.8) is 0 Å². The van der Waals surface area contributed by atoms with E-state index in [1.165, 1.54) is 15.7 Å². The molecule has 0 atom stereocenters. The predicted octanol–water partition coefficient (Wildman–Crippen LogP) is 0.386. The third-order valence-electron chi connectivity index (χ3n) is 4.27. The molecule has 2 heterocycles. The Bertz CT molecular complexity index is 1030. The molecule has 0 aliphatic carbocycles. The third kappa shape index (κ3) is 5.41. The van der Waals surface area contributed by atoms with Gasteiger partial charge >= 0.3 is 12.2 Å². The van der Waals surface area contributed by atoms with Crippen LogP contribution in [-0.2, 0) is 14.8 Å². The average molecular weight is 466 g/mol. The van der Waals surface area contributed by atoms with Crippen LogP contribution >= 0.6 is 11.7 Å². The zero-order valence-corrected chi connectivity index (χ0v) is 17.0. The molecule has 2 N–H and O–H groups in total. The lowest BCUT2D eigenvalue weighted by molar-refractivity contribution is -0.125. The second-order valence-corrected chi connectivity index (χ2v) is 8.85. The normalized spacial score (nSPS) is 16.5. The molecular weight excluding hydrogens is 449 g/mol. The molecule has 10 nitrogen and oxygen atoms in total. The molecule has 0 saturated carbocycles. The first kappa shape index (κ1) is 22.3. The number of piperazine rings is 1. The van der Waals surface area contributed by atoms with Crippen molar-refractivity contribution in [2.24, 2.45) is 0 Å². The van der Waals surface area contributed by atoms with E-state index in [1.54, 1.807) is 17.0 Å². The fourth-order valence-corrected chi connectivity index (χ4v) is 5.03. The van der Waals surface area contributed by atoms with E-state index >= 15 is 0 Å². The van der Waals surface area contributed by atoms with Gasteiger partial charge in [-0.1, -0.05) is 6.07 Å². The van der Waals surface area contributed by atoms with Gasteiger partial charge in [-0.15, -0.1) is 0 Å². The van der Waals surface area contributed by atoms with Crippen LogP contribution in [0.5, 0.6) is 0 Å². The molecule has 1 aromatic carbocycles. The van der Waals surface area contributed by atoms with Gasteiger partial charge in [0.2, 0.25) is 15.9 Å². The molecule has 1 fully saturated rings. The lowest BCUT2D eigenvalue weighted by atomic mass is 10.3. The molecule has 3 amide bonds. The number of amides is 3. The predicted molar refractivity (Wildman–Crippen MR) is 100 cm³/mol. The van der Waals surface area contributed by atoms with Crippen molar-refractivity contribution < 1.29 is 31.2 Å². The van der Waals surface area contributed by atoms with Gasteiger partial charge in [-0.25, -0.2) is 13.2 Å². The van der Waals surface area contributed by atoms with Gasteiger partial charge in [0, 0.05) is 26.2 Å². The zero-order valence-electron chi connectivity index (χ0n) is 15.3. The van der Waals surface area contributed by atoms with Crippen molar-refractivity contribution in [1.29, 1.82) is 0 Å². The number of alkyl halides is 3. The Morgan fingerprint density at radius 2 is 1.83 bits per heavy atom.